The van der Waals surface area contributed by atoms with Gasteiger partial charge in [-0.1, -0.05) is 46.3 Å². The summed E-state index contributed by atoms with van der Waals surface area (Å²) in [5.74, 6) is -0.00353. The zero-order valence-electron chi connectivity index (χ0n) is 17.5. The molecule has 1 N–H and O–H groups in total. The molecule has 2 aromatic rings. The van der Waals surface area contributed by atoms with Crippen molar-refractivity contribution in [1.82, 2.24) is 4.90 Å². The van der Waals surface area contributed by atoms with Gasteiger partial charge in [0.15, 0.2) is 11.5 Å². The summed E-state index contributed by atoms with van der Waals surface area (Å²) in [4.78, 5) is 38.6. The number of benzene rings is 2. The molecule has 0 saturated carbocycles. The van der Waals surface area contributed by atoms with E-state index in [1.807, 2.05) is 19.1 Å². The lowest BCUT2D eigenvalue weighted by molar-refractivity contribution is -0.127. The minimum absolute atomic E-state index is 0.209. The fourth-order valence-corrected chi connectivity index (χ4v) is 4.11. The number of amides is 3. The normalized spacial score (nSPS) is 14.6. The summed E-state index contributed by atoms with van der Waals surface area (Å²) in [5.41, 5.74) is 2.28. The number of rotatable bonds is 8. The fraction of sp³-hybridized carbons (Fsp3) is 0.174. The third-order valence-corrected chi connectivity index (χ3v) is 6.03. The Morgan fingerprint density at radius 2 is 1.94 bits per heavy atom. The van der Waals surface area contributed by atoms with Gasteiger partial charge in [0.1, 0.15) is 13.2 Å². The van der Waals surface area contributed by atoms with Crippen LogP contribution in [0.5, 0.6) is 11.5 Å². The molecule has 0 aromatic heterocycles. The van der Waals surface area contributed by atoms with E-state index in [-0.39, 0.29) is 11.4 Å². The lowest BCUT2D eigenvalue weighted by Crippen LogP contribution is -2.36. The maximum Gasteiger partial charge on any atom is 0.294 e. The van der Waals surface area contributed by atoms with Crippen molar-refractivity contribution in [2.75, 3.05) is 25.6 Å². The molecule has 166 valence electrons. The van der Waals surface area contributed by atoms with Crippen molar-refractivity contribution >= 4 is 56.5 Å². The highest BCUT2D eigenvalue weighted by atomic mass is 79.9. The van der Waals surface area contributed by atoms with Crippen LogP contribution in [0.3, 0.4) is 0 Å². The molecular weight excluding hydrogens is 496 g/mol. The van der Waals surface area contributed by atoms with Crippen LogP contribution in [-0.4, -0.2) is 42.2 Å². The quantitative estimate of drug-likeness (QED) is 0.392. The molecule has 0 radical (unpaired) electrons. The van der Waals surface area contributed by atoms with Gasteiger partial charge < -0.3 is 14.8 Å². The van der Waals surface area contributed by atoms with Crippen LogP contribution < -0.4 is 14.8 Å². The van der Waals surface area contributed by atoms with Crippen molar-refractivity contribution in [2.45, 2.75) is 6.92 Å². The third kappa shape index (κ3) is 5.60. The number of hydrogen-bond donors (Lipinski definition) is 1. The maximum atomic E-state index is 12.8. The first-order valence-corrected chi connectivity index (χ1v) is 11.2. The van der Waals surface area contributed by atoms with Crippen LogP contribution in [0.1, 0.15) is 11.1 Å². The Kier molecular flexibility index (Phi) is 7.76. The Hall–Kier alpha value is -3.04. The zero-order chi connectivity index (χ0) is 23.3. The van der Waals surface area contributed by atoms with E-state index in [0.717, 1.165) is 22.2 Å². The van der Waals surface area contributed by atoms with Crippen LogP contribution >= 0.6 is 27.7 Å². The fourth-order valence-electron chi connectivity index (χ4n) is 2.84. The average Bonchev–Trinajstić information content (AvgIpc) is 3.02. The second-order valence-electron chi connectivity index (χ2n) is 6.81. The van der Waals surface area contributed by atoms with Gasteiger partial charge in [0.2, 0.25) is 5.91 Å². The predicted molar refractivity (Wildman–Crippen MR) is 129 cm³/mol. The third-order valence-electron chi connectivity index (χ3n) is 4.44. The lowest BCUT2D eigenvalue weighted by Gasteiger charge is -2.13. The molecule has 0 unspecified atom stereocenters. The van der Waals surface area contributed by atoms with Gasteiger partial charge in [0.25, 0.3) is 11.1 Å². The molecule has 1 heterocycles. The minimum Gasteiger partial charge on any atom is -0.493 e. The second kappa shape index (κ2) is 10.5. The molecule has 0 atom stereocenters. The number of hydrogen-bond acceptors (Lipinski definition) is 6. The summed E-state index contributed by atoms with van der Waals surface area (Å²) >= 11 is 4.23. The molecule has 3 amide bonds. The highest BCUT2D eigenvalue weighted by molar-refractivity contribution is 9.10. The van der Waals surface area contributed by atoms with E-state index >= 15 is 0 Å². The van der Waals surface area contributed by atoms with Crippen LogP contribution in [0.2, 0.25) is 0 Å². The van der Waals surface area contributed by atoms with E-state index in [9.17, 15) is 14.4 Å². The van der Waals surface area contributed by atoms with Crippen molar-refractivity contribution in [1.29, 1.82) is 0 Å². The monoisotopic (exact) mass is 516 g/mol. The Labute approximate surface area is 198 Å². The van der Waals surface area contributed by atoms with E-state index in [4.69, 9.17) is 9.47 Å². The summed E-state index contributed by atoms with van der Waals surface area (Å²) in [6, 6.07) is 10.6. The highest BCUT2D eigenvalue weighted by Gasteiger charge is 2.36. The Morgan fingerprint density at radius 3 is 2.59 bits per heavy atom. The number of halogens is 1. The van der Waals surface area contributed by atoms with Gasteiger partial charge in [-0.2, -0.15) is 0 Å². The summed E-state index contributed by atoms with van der Waals surface area (Å²) in [5, 5.41) is 2.18. The number of aryl methyl sites for hydroxylation is 1. The van der Waals surface area contributed by atoms with Gasteiger partial charge in [0.05, 0.1) is 12.0 Å². The van der Waals surface area contributed by atoms with Crippen LogP contribution in [0.25, 0.3) is 6.08 Å². The van der Waals surface area contributed by atoms with Crippen molar-refractivity contribution < 1.29 is 23.9 Å². The molecule has 2 aromatic carbocycles. The Balaban J connectivity index is 1.75. The number of methoxy groups -OCH3 is 1. The molecule has 9 heteroatoms. The Bertz CT molecular complexity index is 1100. The second-order valence-corrected chi connectivity index (χ2v) is 8.65. The minimum atomic E-state index is -0.531. The molecule has 1 fully saturated rings. The highest BCUT2D eigenvalue weighted by Crippen LogP contribution is 2.38. The molecule has 1 aliphatic rings. The number of nitrogens with one attached hydrogen (secondary N) is 1. The summed E-state index contributed by atoms with van der Waals surface area (Å²) in [7, 11) is 1.51. The van der Waals surface area contributed by atoms with Crippen molar-refractivity contribution in [3.63, 3.8) is 0 Å². The van der Waals surface area contributed by atoms with E-state index < -0.39 is 17.1 Å². The molecular formula is C23H21BrN2O5S. The van der Waals surface area contributed by atoms with Crippen molar-refractivity contribution in [3.8, 4) is 11.5 Å². The van der Waals surface area contributed by atoms with Crippen molar-refractivity contribution in [2.24, 2.45) is 0 Å². The standard InChI is InChI=1S/C23H21BrN2O5S/c1-4-9-31-19-12-17(24)15(10-18(19)30-3)11-20-22(28)26(23(29)32-20)13-21(27)25-16-7-5-14(2)6-8-16/h4-8,10-12H,1,9,13H2,2-3H3,(H,25,27)/b20-11-. The average molecular weight is 517 g/mol. The zero-order valence-corrected chi connectivity index (χ0v) is 19.9. The number of carbonyl (C=O) groups excluding carboxylic acids is 3. The molecule has 0 aliphatic carbocycles. The van der Waals surface area contributed by atoms with Crippen LogP contribution in [-0.2, 0) is 9.59 Å². The number of ether oxygens (including phenoxy) is 2. The number of imide groups is 1. The first kappa shape index (κ1) is 23.6. The topological polar surface area (TPSA) is 84.9 Å². The van der Waals surface area contributed by atoms with Gasteiger partial charge in [-0.15, -0.1) is 0 Å². The molecule has 3 rings (SSSR count). The summed E-state index contributed by atoms with van der Waals surface area (Å²) < 4.78 is 11.6. The summed E-state index contributed by atoms with van der Waals surface area (Å²) in [6.45, 7) is 5.50. The van der Waals surface area contributed by atoms with Crippen molar-refractivity contribution in [3.05, 3.63) is 69.6 Å². The predicted octanol–water partition coefficient (Wildman–Crippen LogP) is 5.01. The van der Waals surface area contributed by atoms with Crippen LogP contribution in [0, 0.1) is 6.92 Å². The van der Waals surface area contributed by atoms with E-state index in [1.54, 1.807) is 36.4 Å². The molecule has 0 bridgehead atoms. The maximum absolute atomic E-state index is 12.8. The molecule has 32 heavy (non-hydrogen) atoms. The SMILES string of the molecule is C=CCOc1cc(Br)c(/C=C2\SC(=O)N(CC(=O)Nc3ccc(C)cc3)C2=O)cc1OC. The molecule has 7 nitrogen and oxygen atoms in total. The van der Waals surface area contributed by atoms with E-state index in [1.165, 1.54) is 7.11 Å². The van der Waals surface area contributed by atoms with Gasteiger partial charge >= 0.3 is 0 Å². The summed E-state index contributed by atoms with van der Waals surface area (Å²) in [6.07, 6.45) is 3.19. The van der Waals surface area contributed by atoms with Gasteiger partial charge in [-0.3, -0.25) is 19.3 Å². The number of thioether (sulfide) groups is 1. The van der Waals surface area contributed by atoms with E-state index in [2.05, 4.69) is 27.8 Å². The van der Waals surface area contributed by atoms with Crippen LogP contribution in [0.15, 0.2) is 58.4 Å². The largest absolute Gasteiger partial charge is 0.493 e. The number of carbonyl (C=O) groups is 3. The number of anilines is 1. The Morgan fingerprint density at radius 1 is 1.22 bits per heavy atom. The van der Waals surface area contributed by atoms with E-state index in [0.29, 0.717) is 33.8 Å². The first-order valence-electron chi connectivity index (χ1n) is 9.55. The number of nitrogens with zero attached hydrogens (tertiary/aromatic N) is 1. The first-order chi connectivity index (χ1) is 15.3. The molecule has 1 saturated heterocycles. The van der Waals surface area contributed by atoms with Gasteiger partial charge in [-0.25, -0.2) is 0 Å². The molecule has 1 aliphatic heterocycles. The lowest BCUT2D eigenvalue weighted by atomic mass is 10.2. The van der Waals surface area contributed by atoms with Gasteiger partial charge in [-0.05, 0) is 54.6 Å². The molecule has 0 spiro atoms. The van der Waals surface area contributed by atoms with Crippen LogP contribution in [0.4, 0.5) is 10.5 Å². The van der Waals surface area contributed by atoms with Gasteiger partial charge in [0, 0.05) is 10.2 Å². The smallest absolute Gasteiger partial charge is 0.294 e.